The molecule has 0 aliphatic rings. The van der Waals surface area contributed by atoms with E-state index in [4.69, 9.17) is 4.79 Å². The lowest BCUT2D eigenvalue weighted by Crippen LogP contribution is -1.75. The van der Waals surface area contributed by atoms with E-state index in [0.717, 1.165) is 6.08 Å². The number of rotatable bonds is 1. The van der Waals surface area contributed by atoms with Crippen molar-refractivity contribution in [2.45, 2.75) is 0 Å². The van der Waals surface area contributed by atoms with Gasteiger partial charge in [0.15, 0.2) is 0 Å². The van der Waals surface area contributed by atoms with Gasteiger partial charge in [-0.15, -0.1) is 0 Å². The standard InChI is InChI=1S/CBrNO3S/c2-7(5,6)3-1-4. The molecule has 6 heteroatoms. The van der Waals surface area contributed by atoms with Gasteiger partial charge in [-0.25, -0.2) is 4.79 Å². The molecule has 0 rings (SSSR count). The van der Waals surface area contributed by atoms with E-state index in [1.165, 1.54) is 0 Å². The Bertz CT molecular complexity index is 187. The molecule has 0 unspecified atom stereocenters. The summed E-state index contributed by atoms with van der Waals surface area (Å²) >= 11 is 2.08. The van der Waals surface area contributed by atoms with Crippen LogP contribution < -0.4 is 0 Å². The first-order valence-electron chi connectivity index (χ1n) is 1.10. The van der Waals surface area contributed by atoms with Crippen LogP contribution >= 0.6 is 14.8 Å². The number of isocyanates is 1. The molecule has 0 aromatic carbocycles. The predicted octanol–water partition coefficient (Wildman–Crippen LogP) is -0.0381. The molecule has 40 valence electrons. The Labute approximate surface area is 47.5 Å². The highest BCUT2D eigenvalue weighted by atomic mass is 79.9. The first-order chi connectivity index (χ1) is 3.06. The van der Waals surface area contributed by atoms with Gasteiger partial charge < -0.3 is 0 Å². The molecule has 0 fully saturated rings. The molecule has 0 amide bonds. The Kier molecular flexibility index (Phi) is 2.14. The minimum Gasteiger partial charge on any atom is -0.210 e. The highest BCUT2D eigenvalue weighted by Crippen LogP contribution is 1.97. The van der Waals surface area contributed by atoms with Gasteiger partial charge >= 0.3 is 8.46 Å². The van der Waals surface area contributed by atoms with Gasteiger partial charge in [0, 0.05) is 0 Å². The topological polar surface area (TPSA) is 63.6 Å². The van der Waals surface area contributed by atoms with Crippen molar-refractivity contribution in [1.82, 2.24) is 0 Å². The first kappa shape index (κ1) is 6.81. The summed E-state index contributed by atoms with van der Waals surface area (Å²) in [5.74, 6) is 0. The zero-order chi connectivity index (χ0) is 5.91. The van der Waals surface area contributed by atoms with Crippen LogP contribution in [0.2, 0.25) is 0 Å². The average Bonchev–Trinajstić information content (AvgIpc) is 1.30. The fourth-order valence-electron chi connectivity index (χ4n) is 0.0445. The molecule has 0 aliphatic heterocycles. The predicted molar refractivity (Wildman–Crippen MR) is 26.0 cm³/mol. The van der Waals surface area contributed by atoms with Gasteiger partial charge in [-0.1, -0.05) is 4.40 Å². The summed E-state index contributed by atoms with van der Waals surface area (Å²) in [6, 6.07) is 0. The monoisotopic (exact) mass is 185 g/mol. The van der Waals surface area contributed by atoms with Crippen molar-refractivity contribution in [3.63, 3.8) is 0 Å². The van der Waals surface area contributed by atoms with Crippen molar-refractivity contribution >= 4 is 29.3 Å². The third kappa shape index (κ3) is 5.81. The highest BCUT2D eigenvalue weighted by molar-refractivity contribution is 9.47. The summed E-state index contributed by atoms with van der Waals surface area (Å²) in [4.78, 5) is 9.12. The molecular weight excluding hydrogens is 186 g/mol. The maximum atomic E-state index is 9.72. The summed E-state index contributed by atoms with van der Waals surface area (Å²) in [6.07, 6.45) is 0.848. The molecule has 0 aliphatic carbocycles. The molecular formula is CBrNO3S. The van der Waals surface area contributed by atoms with Crippen LogP contribution in [0.3, 0.4) is 0 Å². The Morgan fingerprint density at radius 2 is 2.00 bits per heavy atom. The molecule has 0 aromatic heterocycles. The lowest BCUT2D eigenvalue weighted by atomic mass is 11.7. The lowest BCUT2D eigenvalue weighted by molar-refractivity contribution is 0.564. The van der Waals surface area contributed by atoms with E-state index in [2.05, 4.69) is 19.2 Å². The summed E-state index contributed by atoms with van der Waals surface area (Å²) < 4.78 is 21.8. The number of hydrogen-bond donors (Lipinski definition) is 0. The molecule has 0 aromatic rings. The van der Waals surface area contributed by atoms with Crippen LogP contribution in [-0.4, -0.2) is 14.5 Å². The summed E-state index contributed by atoms with van der Waals surface area (Å²) in [6.45, 7) is 0. The molecule has 0 saturated heterocycles. The Hall–Kier alpha value is -0.190. The van der Waals surface area contributed by atoms with Crippen LogP contribution in [0.25, 0.3) is 0 Å². The van der Waals surface area contributed by atoms with Crippen molar-refractivity contribution < 1.29 is 13.2 Å². The first-order valence-corrected chi connectivity index (χ1v) is 4.38. The van der Waals surface area contributed by atoms with E-state index in [1.54, 1.807) is 0 Å². The molecule has 0 saturated carbocycles. The highest BCUT2D eigenvalue weighted by Gasteiger charge is 1.94. The van der Waals surface area contributed by atoms with Gasteiger partial charge in [0.1, 0.15) is 0 Å². The molecule has 0 radical (unpaired) electrons. The third-order valence-corrected chi connectivity index (χ3v) is 0.873. The van der Waals surface area contributed by atoms with Crippen molar-refractivity contribution in [3.05, 3.63) is 0 Å². The van der Waals surface area contributed by atoms with E-state index in [9.17, 15) is 8.42 Å². The minimum atomic E-state index is -3.66. The Morgan fingerprint density at radius 1 is 1.57 bits per heavy atom. The molecule has 0 heterocycles. The lowest BCUT2D eigenvalue weighted by Gasteiger charge is -1.68. The largest absolute Gasteiger partial charge is 0.324 e. The van der Waals surface area contributed by atoms with Crippen molar-refractivity contribution in [2.75, 3.05) is 0 Å². The Morgan fingerprint density at radius 3 is 2.00 bits per heavy atom. The number of hydrogen-bond acceptors (Lipinski definition) is 3. The van der Waals surface area contributed by atoms with E-state index < -0.39 is 8.46 Å². The quantitative estimate of drug-likeness (QED) is 0.328. The van der Waals surface area contributed by atoms with Gasteiger partial charge in [-0.2, -0.15) is 8.42 Å². The second-order valence-electron chi connectivity index (χ2n) is 0.595. The number of carbonyl (C=O) groups excluding carboxylic acids is 1. The van der Waals surface area contributed by atoms with E-state index in [0.29, 0.717) is 0 Å². The average molecular weight is 186 g/mol. The van der Waals surface area contributed by atoms with E-state index in [-0.39, 0.29) is 0 Å². The van der Waals surface area contributed by atoms with Gasteiger partial charge in [-0.05, 0) is 0 Å². The van der Waals surface area contributed by atoms with Gasteiger partial charge in [0.05, 0.1) is 14.8 Å². The maximum absolute atomic E-state index is 9.72. The third-order valence-electron chi connectivity index (χ3n) is 0.146. The number of halogens is 1. The smallest absolute Gasteiger partial charge is 0.210 e. The molecule has 4 nitrogen and oxygen atoms in total. The minimum absolute atomic E-state index is 0.848. The Balaban J connectivity index is 4.44. The fourth-order valence-corrected chi connectivity index (χ4v) is 0.311. The summed E-state index contributed by atoms with van der Waals surface area (Å²) in [7, 11) is -3.66. The fraction of sp³-hybridized carbons (Fsp3) is 0. The zero-order valence-corrected chi connectivity index (χ0v) is 5.36. The molecule has 0 spiro atoms. The second-order valence-corrected chi connectivity index (χ2v) is 4.06. The molecule has 0 atom stereocenters. The van der Waals surface area contributed by atoms with E-state index in [1.807, 2.05) is 0 Å². The van der Waals surface area contributed by atoms with Crippen LogP contribution in [0, 0.1) is 0 Å². The van der Waals surface area contributed by atoms with Crippen LogP contribution in [0.15, 0.2) is 4.40 Å². The van der Waals surface area contributed by atoms with Crippen LogP contribution in [0.1, 0.15) is 0 Å². The second kappa shape index (κ2) is 2.20. The summed E-state index contributed by atoms with van der Waals surface area (Å²) in [5, 5.41) is 0. The zero-order valence-electron chi connectivity index (χ0n) is 2.96. The summed E-state index contributed by atoms with van der Waals surface area (Å²) in [5.41, 5.74) is 0. The molecule has 7 heavy (non-hydrogen) atoms. The maximum Gasteiger partial charge on any atom is 0.324 e. The van der Waals surface area contributed by atoms with Crippen LogP contribution in [0.5, 0.6) is 0 Å². The van der Waals surface area contributed by atoms with Crippen molar-refractivity contribution in [3.8, 4) is 0 Å². The van der Waals surface area contributed by atoms with Crippen molar-refractivity contribution in [1.29, 1.82) is 0 Å². The normalized spacial score (nSPS) is 9.86. The molecule has 0 bridgehead atoms. The van der Waals surface area contributed by atoms with Crippen molar-refractivity contribution in [2.24, 2.45) is 4.40 Å². The number of nitrogens with zero attached hydrogens (tertiary/aromatic N) is 1. The van der Waals surface area contributed by atoms with E-state index >= 15 is 0 Å². The van der Waals surface area contributed by atoms with Crippen LogP contribution in [0.4, 0.5) is 0 Å². The molecule has 0 N–H and O–H groups in total. The van der Waals surface area contributed by atoms with Gasteiger partial charge in [0.25, 0.3) is 6.08 Å². The van der Waals surface area contributed by atoms with Crippen LogP contribution in [-0.2, 0) is 13.3 Å². The van der Waals surface area contributed by atoms with Gasteiger partial charge in [-0.3, -0.25) is 0 Å². The van der Waals surface area contributed by atoms with Gasteiger partial charge in [0.2, 0.25) is 0 Å². The SMILES string of the molecule is O=C=NS(=O)(=O)Br.